The summed E-state index contributed by atoms with van der Waals surface area (Å²) in [5, 5.41) is 0. The van der Waals surface area contributed by atoms with Crippen LogP contribution in [-0.2, 0) is 0 Å². The molecule has 0 saturated carbocycles. The lowest BCUT2D eigenvalue weighted by atomic mass is 10.0. The third-order valence-electron chi connectivity index (χ3n) is 2.68. The van der Waals surface area contributed by atoms with Crippen molar-refractivity contribution in [2.75, 3.05) is 14.2 Å². The van der Waals surface area contributed by atoms with E-state index < -0.39 is 0 Å². The van der Waals surface area contributed by atoms with Gasteiger partial charge in [0.15, 0.2) is 0 Å². The highest BCUT2D eigenvalue weighted by molar-refractivity contribution is 9.11. The molecule has 0 aliphatic heterocycles. The van der Waals surface area contributed by atoms with E-state index in [1.165, 1.54) is 0 Å². The van der Waals surface area contributed by atoms with Crippen molar-refractivity contribution in [3.05, 3.63) is 44.6 Å². The van der Waals surface area contributed by atoms with E-state index in [2.05, 4.69) is 15.9 Å². The quantitative estimate of drug-likeness (QED) is 0.933. The van der Waals surface area contributed by atoms with E-state index in [0.717, 1.165) is 25.7 Å². The lowest BCUT2D eigenvalue weighted by Gasteiger charge is -2.17. The monoisotopic (exact) mass is 327 g/mol. The van der Waals surface area contributed by atoms with Crippen molar-refractivity contribution in [1.82, 2.24) is 0 Å². The van der Waals surface area contributed by atoms with Crippen LogP contribution >= 0.6 is 27.3 Å². The summed E-state index contributed by atoms with van der Waals surface area (Å²) < 4.78 is 11.8. The average molecular weight is 328 g/mol. The fraction of sp³-hybridized carbons (Fsp3) is 0.231. The normalized spacial score (nSPS) is 12.2. The van der Waals surface area contributed by atoms with Gasteiger partial charge in [0.05, 0.1) is 29.6 Å². The highest BCUT2D eigenvalue weighted by atomic mass is 79.9. The van der Waals surface area contributed by atoms with Crippen molar-refractivity contribution in [3.63, 3.8) is 0 Å². The number of ether oxygens (including phenoxy) is 2. The predicted octanol–water partition coefficient (Wildman–Crippen LogP) is 3.58. The molecule has 1 aromatic heterocycles. The number of hydrogen-bond donors (Lipinski definition) is 1. The maximum atomic E-state index is 6.31. The van der Waals surface area contributed by atoms with Crippen molar-refractivity contribution in [3.8, 4) is 11.5 Å². The molecule has 18 heavy (non-hydrogen) atoms. The fourth-order valence-electron chi connectivity index (χ4n) is 1.82. The molecule has 0 radical (unpaired) electrons. The summed E-state index contributed by atoms with van der Waals surface area (Å²) in [5.41, 5.74) is 7.18. The highest BCUT2D eigenvalue weighted by Gasteiger charge is 2.20. The summed E-state index contributed by atoms with van der Waals surface area (Å²) in [6.07, 6.45) is 0. The number of benzene rings is 1. The zero-order chi connectivity index (χ0) is 13.1. The molecule has 0 amide bonds. The Balaban J connectivity index is 2.48. The number of rotatable bonds is 4. The molecule has 2 rings (SSSR count). The molecule has 3 nitrogen and oxygen atoms in total. The summed E-state index contributed by atoms with van der Waals surface area (Å²) >= 11 is 5.05. The molecule has 2 aromatic rings. The number of methoxy groups -OCH3 is 2. The summed E-state index contributed by atoms with van der Waals surface area (Å²) in [6.45, 7) is 0. The lowest BCUT2D eigenvalue weighted by molar-refractivity contribution is 0.382. The first-order chi connectivity index (χ1) is 8.67. The molecule has 0 aliphatic rings. The molecule has 0 spiro atoms. The topological polar surface area (TPSA) is 44.5 Å². The molecule has 2 N–H and O–H groups in total. The highest BCUT2D eigenvalue weighted by Crippen LogP contribution is 2.38. The van der Waals surface area contributed by atoms with Crippen LogP contribution in [0.1, 0.15) is 16.5 Å². The van der Waals surface area contributed by atoms with Gasteiger partial charge in [-0.2, -0.15) is 0 Å². The van der Waals surface area contributed by atoms with Crippen molar-refractivity contribution in [2.24, 2.45) is 5.73 Å². The van der Waals surface area contributed by atoms with Crippen LogP contribution in [0.2, 0.25) is 0 Å². The van der Waals surface area contributed by atoms with Gasteiger partial charge in [0.2, 0.25) is 0 Å². The average Bonchev–Trinajstić information content (AvgIpc) is 2.83. The van der Waals surface area contributed by atoms with E-state index in [-0.39, 0.29) is 6.04 Å². The van der Waals surface area contributed by atoms with Gasteiger partial charge in [-0.15, -0.1) is 11.3 Å². The van der Waals surface area contributed by atoms with Crippen LogP contribution in [-0.4, -0.2) is 14.2 Å². The van der Waals surface area contributed by atoms with Crippen molar-refractivity contribution in [2.45, 2.75) is 6.04 Å². The van der Waals surface area contributed by atoms with Crippen molar-refractivity contribution >= 4 is 27.3 Å². The maximum Gasteiger partial charge on any atom is 0.127 e. The van der Waals surface area contributed by atoms with Gasteiger partial charge in [-0.3, -0.25) is 0 Å². The second-order valence-electron chi connectivity index (χ2n) is 3.70. The Bertz CT molecular complexity index is 519. The minimum atomic E-state index is -0.257. The molecule has 1 heterocycles. The number of thiophene rings is 1. The minimum Gasteiger partial charge on any atom is -0.496 e. The first-order valence-electron chi connectivity index (χ1n) is 5.39. The molecule has 96 valence electrons. The van der Waals surface area contributed by atoms with Gasteiger partial charge in [-0.1, -0.05) is 6.07 Å². The molecule has 0 bridgehead atoms. The Kier molecular flexibility index (Phi) is 4.27. The van der Waals surface area contributed by atoms with Gasteiger partial charge < -0.3 is 15.2 Å². The third-order valence-corrected chi connectivity index (χ3v) is 4.38. The van der Waals surface area contributed by atoms with Gasteiger partial charge >= 0.3 is 0 Å². The Morgan fingerprint density at radius 1 is 1.11 bits per heavy atom. The van der Waals surface area contributed by atoms with E-state index in [1.54, 1.807) is 25.6 Å². The van der Waals surface area contributed by atoms with Gasteiger partial charge in [-0.05, 0) is 40.2 Å². The van der Waals surface area contributed by atoms with Gasteiger partial charge in [0, 0.05) is 4.88 Å². The van der Waals surface area contributed by atoms with Crippen molar-refractivity contribution < 1.29 is 9.47 Å². The molecular weight excluding hydrogens is 314 g/mol. The lowest BCUT2D eigenvalue weighted by Crippen LogP contribution is -2.13. The van der Waals surface area contributed by atoms with E-state index >= 15 is 0 Å². The molecular formula is C13H14BrNO2S. The Morgan fingerprint density at radius 2 is 1.72 bits per heavy atom. The third kappa shape index (κ3) is 2.53. The molecule has 5 heteroatoms. The summed E-state index contributed by atoms with van der Waals surface area (Å²) in [5.74, 6) is 1.48. The van der Waals surface area contributed by atoms with Crippen LogP contribution in [0.4, 0.5) is 0 Å². The zero-order valence-corrected chi connectivity index (χ0v) is 12.5. The van der Waals surface area contributed by atoms with Gasteiger partial charge in [0.25, 0.3) is 0 Å². The van der Waals surface area contributed by atoms with Gasteiger partial charge in [-0.25, -0.2) is 0 Å². The summed E-state index contributed by atoms with van der Waals surface area (Å²) in [7, 11) is 3.27. The molecule has 0 fully saturated rings. The van der Waals surface area contributed by atoms with Crippen LogP contribution < -0.4 is 15.2 Å². The van der Waals surface area contributed by atoms with Crippen LogP contribution in [0, 0.1) is 0 Å². The summed E-state index contributed by atoms with van der Waals surface area (Å²) in [4.78, 5) is 1.06. The number of nitrogens with two attached hydrogens (primary N) is 1. The summed E-state index contributed by atoms with van der Waals surface area (Å²) in [6, 6.07) is 9.40. The Hall–Kier alpha value is -1.04. The van der Waals surface area contributed by atoms with Crippen LogP contribution in [0.5, 0.6) is 11.5 Å². The molecule has 1 atom stereocenters. The molecule has 1 unspecified atom stereocenters. The predicted molar refractivity (Wildman–Crippen MR) is 77.6 cm³/mol. The first-order valence-corrected chi connectivity index (χ1v) is 7.00. The van der Waals surface area contributed by atoms with E-state index in [0.29, 0.717) is 0 Å². The van der Waals surface area contributed by atoms with E-state index in [4.69, 9.17) is 15.2 Å². The second-order valence-corrected chi connectivity index (χ2v) is 6.19. The second kappa shape index (κ2) is 5.73. The van der Waals surface area contributed by atoms with E-state index in [9.17, 15) is 0 Å². The number of hydrogen-bond acceptors (Lipinski definition) is 4. The molecule has 0 saturated heterocycles. The smallest absolute Gasteiger partial charge is 0.127 e. The van der Waals surface area contributed by atoms with E-state index in [1.807, 2.05) is 30.3 Å². The Labute approximate surface area is 119 Å². The first kappa shape index (κ1) is 13.4. The largest absolute Gasteiger partial charge is 0.496 e. The molecule has 1 aromatic carbocycles. The maximum absolute atomic E-state index is 6.31. The zero-order valence-electron chi connectivity index (χ0n) is 10.1. The van der Waals surface area contributed by atoms with Crippen LogP contribution in [0.3, 0.4) is 0 Å². The standard InChI is InChI=1S/C13H14BrNO2S/c1-16-8-4-3-5-9(17-2)12(8)13(15)10-6-7-11(14)18-10/h3-7,13H,15H2,1-2H3. The van der Waals surface area contributed by atoms with Crippen molar-refractivity contribution in [1.29, 1.82) is 0 Å². The van der Waals surface area contributed by atoms with Gasteiger partial charge in [0.1, 0.15) is 11.5 Å². The number of halogens is 1. The Morgan fingerprint density at radius 3 is 2.17 bits per heavy atom. The minimum absolute atomic E-state index is 0.257. The fourth-order valence-corrected chi connectivity index (χ4v) is 3.26. The van der Waals surface area contributed by atoms with Crippen LogP contribution in [0.25, 0.3) is 0 Å². The van der Waals surface area contributed by atoms with Crippen LogP contribution in [0.15, 0.2) is 34.1 Å². The molecule has 0 aliphatic carbocycles. The SMILES string of the molecule is COc1cccc(OC)c1C(N)c1ccc(Br)s1.